The van der Waals surface area contributed by atoms with Gasteiger partial charge in [-0.1, -0.05) is 0 Å². The topological polar surface area (TPSA) is 118 Å². The van der Waals surface area contributed by atoms with Gasteiger partial charge in [0.05, 0.1) is 30.2 Å². The number of rotatable bonds is 9. The number of halogens is 4. The third-order valence-electron chi connectivity index (χ3n) is 7.53. The average molecular weight is 610 g/mol. The van der Waals surface area contributed by atoms with Crippen molar-refractivity contribution in [1.29, 1.82) is 0 Å². The Morgan fingerprint density at radius 2 is 1.93 bits per heavy atom. The highest BCUT2D eigenvalue weighted by atomic mass is 32.1. The maximum atomic E-state index is 14.0. The SMILES string of the molecule is C[C@@H]1CCCN1Cc1sc(NC(O)c2cnc(N3CCN(CC(=O)O)CC3)cn2)nc1-c1ccc(F)c(C(F)(F)F)c1. The predicted octanol–water partition coefficient (Wildman–Crippen LogP) is 4.05. The van der Waals surface area contributed by atoms with E-state index >= 15 is 0 Å². The molecule has 4 heterocycles. The first-order valence-electron chi connectivity index (χ1n) is 13.5. The molecule has 1 aromatic carbocycles. The largest absolute Gasteiger partial charge is 0.480 e. The number of likely N-dealkylation sites (tertiary alicyclic amines) is 1. The first-order valence-corrected chi connectivity index (χ1v) is 14.4. The summed E-state index contributed by atoms with van der Waals surface area (Å²) in [5.41, 5.74) is -0.711. The van der Waals surface area contributed by atoms with Gasteiger partial charge in [-0.05, 0) is 44.5 Å². The van der Waals surface area contributed by atoms with Gasteiger partial charge < -0.3 is 20.4 Å². The highest BCUT2D eigenvalue weighted by Gasteiger charge is 2.35. The van der Waals surface area contributed by atoms with E-state index in [1.54, 1.807) is 0 Å². The van der Waals surface area contributed by atoms with E-state index in [9.17, 15) is 27.5 Å². The smallest absolute Gasteiger partial charge is 0.419 e. The molecule has 0 bridgehead atoms. The number of nitrogens with one attached hydrogen (secondary N) is 1. The number of piperazine rings is 1. The lowest BCUT2D eigenvalue weighted by molar-refractivity contribution is -0.140. The molecule has 3 N–H and O–H groups in total. The zero-order valence-electron chi connectivity index (χ0n) is 22.8. The zero-order chi connectivity index (χ0) is 30.0. The summed E-state index contributed by atoms with van der Waals surface area (Å²) in [6.07, 6.45) is -1.17. The number of carboxylic acid groups (broad SMARTS) is 1. The number of alkyl halides is 3. The van der Waals surface area contributed by atoms with Crippen molar-refractivity contribution in [2.45, 2.75) is 44.8 Å². The number of aliphatic hydroxyl groups excluding tert-OH is 1. The van der Waals surface area contributed by atoms with Crippen molar-refractivity contribution in [2.24, 2.45) is 0 Å². The first kappa shape index (κ1) is 30.1. The van der Waals surface area contributed by atoms with E-state index in [0.29, 0.717) is 55.2 Å². The van der Waals surface area contributed by atoms with E-state index < -0.39 is 29.8 Å². The molecule has 0 aliphatic carbocycles. The first-order chi connectivity index (χ1) is 20.0. The molecule has 1 unspecified atom stereocenters. The molecule has 0 spiro atoms. The van der Waals surface area contributed by atoms with Gasteiger partial charge in [0.1, 0.15) is 17.3 Å². The van der Waals surface area contributed by atoms with E-state index in [0.717, 1.165) is 31.5 Å². The number of hydrogen-bond donors (Lipinski definition) is 3. The van der Waals surface area contributed by atoms with Crippen LogP contribution in [0.1, 0.15) is 42.1 Å². The van der Waals surface area contributed by atoms with Gasteiger partial charge in [-0.2, -0.15) is 13.2 Å². The lowest BCUT2D eigenvalue weighted by atomic mass is 10.1. The molecular weight excluding hydrogens is 578 g/mol. The number of carboxylic acids is 1. The van der Waals surface area contributed by atoms with Crippen LogP contribution in [0, 0.1) is 5.82 Å². The molecule has 3 aromatic rings. The molecule has 2 aliphatic heterocycles. The number of anilines is 2. The van der Waals surface area contributed by atoms with Gasteiger partial charge in [-0.15, -0.1) is 11.3 Å². The Morgan fingerprint density at radius 1 is 1.17 bits per heavy atom. The van der Waals surface area contributed by atoms with Crippen LogP contribution in [0.4, 0.5) is 28.5 Å². The van der Waals surface area contributed by atoms with Crippen LogP contribution in [0.3, 0.4) is 0 Å². The second-order valence-corrected chi connectivity index (χ2v) is 11.5. The fraction of sp³-hybridized carbons (Fsp3) is 0.481. The molecule has 226 valence electrons. The van der Waals surface area contributed by atoms with E-state index in [4.69, 9.17) is 5.11 Å². The Bertz CT molecular complexity index is 1400. The summed E-state index contributed by atoms with van der Waals surface area (Å²) in [4.78, 5) is 30.9. The number of thiazole rings is 1. The monoisotopic (exact) mass is 609 g/mol. The minimum Gasteiger partial charge on any atom is -0.480 e. The standard InChI is InChI=1S/C27H31F4N7O3S/c1-16-3-2-6-38(16)14-21-24(17-4-5-19(28)18(11-17)27(29,30)31)34-26(42-21)35-25(41)20-12-33-22(13-32-20)37-9-7-36(8-10-37)15-23(39)40/h4-5,11-13,16,25,41H,2-3,6-10,14-15H2,1H3,(H,34,35)(H,39,40)/t16-,25?/m1/s1. The predicted molar refractivity (Wildman–Crippen MR) is 149 cm³/mol. The Hall–Kier alpha value is -3.40. The molecule has 5 rings (SSSR count). The maximum absolute atomic E-state index is 14.0. The summed E-state index contributed by atoms with van der Waals surface area (Å²) < 4.78 is 54.3. The molecule has 0 radical (unpaired) electrons. The fourth-order valence-electron chi connectivity index (χ4n) is 5.20. The van der Waals surface area contributed by atoms with Gasteiger partial charge >= 0.3 is 12.1 Å². The molecule has 10 nitrogen and oxygen atoms in total. The Labute approximate surface area is 243 Å². The zero-order valence-corrected chi connectivity index (χ0v) is 23.6. The molecule has 42 heavy (non-hydrogen) atoms. The van der Waals surface area contributed by atoms with Crippen LogP contribution in [0.5, 0.6) is 0 Å². The van der Waals surface area contributed by atoms with Crippen molar-refractivity contribution in [2.75, 3.05) is 49.5 Å². The molecule has 2 saturated heterocycles. The normalized spacial score (nSPS) is 19.3. The molecule has 15 heteroatoms. The van der Waals surface area contributed by atoms with Gasteiger partial charge in [-0.25, -0.2) is 14.4 Å². The van der Waals surface area contributed by atoms with Gasteiger partial charge in [0.25, 0.3) is 0 Å². The Kier molecular flexibility index (Phi) is 8.92. The van der Waals surface area contributed by atoms with Gasteiger partial charge in [-0.3, -0.25) is 19.6 Å². The van der Waals surface area contributed by atoms with Crippen molar-refractivity contribution in [3.63, 3.8) is 0 Å². The lowest BCUT2D eigenvalue weighted by Crippen LogP contribution is -2.48. The quantitative estimate of drug-likeness (QED) is 0.242. The van der Waals surface area contributed by atoms with Crippen LogP contribution in [-0.2, 0) is 17.5 Å². The van der Waals surface area contributed by atoms with Crippen LogP contribution in [0.25, 0.3) is 11.3 Å². The van der Waals surface area contributed by atoms with Crippen molar-refractivity contribution < 1.29 is 32.6 Å². The number of nitrogens with zero attached hydrogens (tertiary/aromatic N) is 6. The highest BCUT2D eigenvalue weighted by Crippen LogP contribution is 2.38. The van der Waals surface area contributed by atoms with Crippen LogP contribution < -0.4 is 10.2 Å². The Balaban J connectivity index is 1.33. The van der Waals surface area contributed by atoms with Crippen molar-refractivity contribution in [3.8, 4) is 11.3 Å². The third kappa shape index (κ3) is 6.97. The van der Waals surface area contributed by atoms with Crippen molar-refractivity contribution in [3.05, 3.63) is 52.5 Å². The summed E-state index contributed by atoms with van der Waals surface area (Å²) in [6, 6.07) is 3.15. The molecule has 2 atom stereocenters. The number of aliphatic carboxylic acids is 1. The second kappa shape index (κ2) is 12.5. The summed E-state index contributed by atoms with van der Waals surface area (Å²) in [6.45, 7) is 5.69. The summed E-state index contributed by atoms with van der Waals surface area (Å²) in [7, 11) is 0. The molecule has 2 aromatic heterocycles. The van der Waals surface area contributed by atoms with Gasteiger partial charge in [0.15, 0.2) is 11.4 Å². The number of aromatic nitrogens is 3. The van der Waals surface area contributed by atoms with E-state index in [1.165, 1.54) is 29.8 Å². The summed E-state index contributed by atoms with van der Waals surface area (Å²) in [5.74, 6) is -1.63. The minimum atomic E-state index is -4.85. The maximum Gasteiger partial charge on any atom is 0.419 e. The average Bonchev–Trinajstić information content (AvgIpc) is 3.54. The van der Waals surface area contributed by atoms with Crippen molar-refractivity contribution >= 4 is 28.3 Å². The summed E-state index contributed by atoms with van der Waals surface area (Å²) in [5, 5.41) is 23.0. The number of aliphatic hydroxyl groups is 1. The van der Waals surface area contributed by atoms with Crippen molar-refractivity contribution in [1.82, 2.24) is 24.8 Å². The third-order valence-corrected chi connectivity index (χ3v) is 8.50. The van der Waals surface area contributed by atoms with Gasteiger partial charge in [0, 0.05) is 49.2 Å². The molecular formula is C27H31F4N7O3S. The molecule has 2 fully saturated rings. The highest BCUT2D eigenvalue weighted by molar-refractivity contribution is 7.16. The Morgan fingerprint density at radius 3 is 2.55 bits per heavy atom. The minimum absolute atomic E-state index is 0.0157. The fourth-order valence-corrected chi connectivity index (χ4v) is 6.23. The van der Waals surface area contributed by atoms with Crippen LogP contribution in [0.2, 0.25) is 0 Å². The summed E-state index contributed by atoms with van der Waals surface area (Å²) >= 11 is 1.21. The van der Waals surface area contributed by atoms with Crippen LogP contribution in [0.15, 0.2) is 30.6 Å². The molecule has 0 amide bonds. The van der Waals surface area contributed by atoms with Gasteiger partial charge in [0.2, 0.25) is 0 Å². The van der Waals surface area contributed by atoms with E-state index in [2.05, 4.69) is 32.1 Å². The van der Waals surface area contributed by atoms with Crippen LogP contribution in [-0.4, -0.2) is 86.2 Å². The van der Waals surface area contributed by atoms with E-state index in [-0.39, 0.29) is 22.9 Å². The van der Waals surface area contributed by atoms with Crippen LogP contribution >= 0.6 is 11.3 Å². The molecule has 0 saturated carbocycles. The number of hydrogen-bond acceptors (Lipinski definition) is 10. The number of carbonyl (C=O) groups is 1. The second-order valence-electron chi connectivity index (χ2n) is 10.4. The lowest BCUT2D eigenvalue weighted by Gasteiger charge is -2.34. The van der Waals surface area contributed by atoms with E-state index in [1.807, 2.05) is 9.80 Å². The molecule has 2 aliphatic rings. The number of benzene rings is 1.